The average Bonchev–Trinajstić information content (AvgIpc) is 3.50. The van der Waals surface area contributed by atoms with Crippen molar-refractivity contribution in [2.75, 3.05) is 12.0 Å². The fraction of sp³-hybridized carbons (Fsp3) is 0.192. The zero-order valence-corrected chi connectivity index (χ0v) is 19.9. The number of thiazole rings is 1. The summed E-state index contributed by atoms with van der Waals surface area (Å²) in [6, 6.07) is 13.4. The number of methoxy groups -OCH3 is 1. The van der Waals surface area contributed by atoms with E-state index in [-0.39, 0.29) is 11.3 Å². The van der Waals surface area contributed by atoms with Gasteiger partial charge in [0.05, 0.1) is 28.9 Å². The fourth-order valence-electron chi connectivity index (χ4n) is 4.31. The van der Waals surface area contributed by atoms with E-state index >= 15 is 0 Å². The number of anilines is 1. The van der Waals surface area contributed by atoms with Crippen LogP contribution in [0.1, 0.15) is 39.0 Å². The van der Waals surface area contributed by atoms with Crippen LogP contribution in [0.5, 0.6) is 5.75 Å². The monoisotopic (exact) mass is 474 g/mol. The number of aliphatic hydroxyl groups excluding tert-OH is 1. The lowest BCUT2D eigenvalue weighted by Gasteiger charge is -2.24. The van der Waals surface area contributed by atoms with Crippen LogP contribution >= 0.6 is 11.3 Å². The molecule has 34 heavy (non-hydrogen) atoms. The van der Waals surface area contributed by atoms with Crippen molar-refractivity contribution in [2.24, 2.45) is 0 Å². The van der Waals surface area contributed by atoms with Crippen LogP contribution in [0.25, 0.3) is 10.2 Å². The number of ketones is 1. The number of carbonyl (C=O) groups excluding carboxylic acids is 2. The van der Waals surface area contributed by atoms with Crippen LogP contribution in [0.15, 0.2) is 64.3 Å². The highest BCUT2D eigenvalue weighted by Crippen LogP contribution is 2.45. The Labute approximate surface area is 199 Å². The Balaban J connectivity index is 1.70. The summed E-state index contributed by atoms with van der Waals surface area (Å²) in [5.41, 5.74) is 3.41. The highest BCUT2D eigenvalue weighted by molar-refractivity contribution is 7.22. The first-order valence-electron chi connectivity index (χ1n) is 10.7. The van der Waals surface area contributed by atoms with Gasteiger partial charge in [0.1, 0.15) is 11.5 Å². The molecule has 1 amide bonds. The van der Waals surface area contributed by atoms with Crippen molar-refractivity contribution in [2.45, 2.75) is 26.8 Å². The summed E-state index contributed by atoms with van der Waals surface area (Å²) in [7, 11) is 1.54. The van der Waals surface area contributed by atoms with Crippen molar-refractivity contribution in [1.82, 2.24) is 4.98 Å². The van der Waals surface area contributed by atoms with Crippen LogP contribution in [-0.2, 0) is 4.79 Å². The molecule has 2 aromatic heterocycles. The van der Waals surface area contributed by atoms with E-state index in [0.29, 0.717) is 22.2 Å². The summed E-state index contributed by atoms with van der Waals surface area (Å²) in [4.78, 5) is 33.0. The summed E-state index contributed by atoms with van der Waals surface area (Å²) in [6.45, 7) is 5.69. The summed E-state index contributed by atoms with van der Waals surface area (Å²) >= 11 is 1.34. The summed E-state index contributed by atoms with van der Waals surface area (Å²) in [5, 5.41) is 11.3. The predicted octanol–water partition coefficient (Wildman–Crippen LogP) is 5.61. The number of nitrogens with zero attached hydrogens (tertiary/aromatic N) is 2. The minimum absolute atomic E-state index is 0.0531. The lowest BCUT2D eigenvalue weighted by Crippen LogP contribution is -2.31. The van der Waals surface area contributed by atoms with Gasteiger partial charge < -0.3 is 14.3 Å². The molecule has 2 aromatic carbocycles. The number of hydrogen-bond donors (Lipinski definition) is 1. The number of fused-ring (bicyclic) bond motifs is 1. The van der Waals surface area contributed by atoms with Crippen molar-refractivity contribution in [1.29, 1.82) is 0 Å². The minimum atomic E-state index is -0.900. The maximum Gasteiger partial charge on any atom is 0.296 e. The van der Waals surface area contributed by atoms with E-state index in [9.17, 15) is 14.7 Å². The number of aromatic nitrogens is 1. The highest BCUT2D eigenvalue weighted by atomic mass is 32.1. The number of ether oxygens (including phenoxy) is 1. The number of benzene rings is 2. The third kappa shape index (κ3) is 3.47. The van der Waals surface area contributed by atoms with Crippen molar-refractivity contribution in [3.05, 3.63) is 88.1 Å². The number of furan rings is 1. The maximum absolute atomic E-state index is 13.5. The lowest BCUT2D eigenvalue weighted by atomic mass is 9.95. The molecule has 8 heteroatoms. The van der Waals surface area contributed by atoms with Gasteiger partial charge in [-0.1, -0.05) is 29.5 Å². The first-order valence-corrected chi connectivity index (χ1v) is 11.5. The normalized spacial score (nSPS) is 16.1. The molecule has 0 spiro atoms. The van der Waals surface area contributed by atoms with E-state index in [1.165, 1.54) is 22.3 Å². The van der Waals surface area contributed by atoms with Crippen LogP contribution < -0.4 is 9.64 Å². The number of aryl methyl sites for hydroxylation is 3. The molecule has 0 bridgehead atoms. The lowest BCUT2D eigenvalue weighted by molar-refractivity contribution is -0.117. The third-order valence-corrected chi connectivity index (χ3v) is 6.85. The van der Waals surface area contributed by atoms with Crippen LogP contribution in [0, 0.1) is 20.8 Å². The molecule has 1 N–H and O–H groups in total. The second kappa shape index (κ2) is 8.14. The second-order valence-corrected chi connectivity index (χ2v) is 9.29. The van der Waals surface area contributed by atoms with Gasteiger partial charge in [0.15, 0.2) is 16.7 Å². The van der Waals surface area contributed by atoms with Crippen molar-refractivity contribution in [3.8, 4) is 5.75 Å². The van der Waals surface area contributed by atoms with E-state index in [4.69, 9.17) is 14.1 Å². The van der Waals surface area contributed by atoms with Crippen molar-refractivity contribution >= 4 is 38.4 Å². The molecule has 0 fully saturated rings. The Morgan fingerprint density at radius 2 is 1.94 bits per heavy atom. The van der Waals surface area contributed by atoms with Gasteiger partial charge in [0.2, 0.25) is 5.78 Å². The van der Waals surface area contributed by atoms with E-state index in [0.717, 1.165) is 21.3 Å². The first kappa shape index (κ1) is 21.9. The van der Waals surface area contributed by atoms with E-state index in [2.05, 4.69) is 0 Å². The average molecular weight is 475 g/mol. The van der Waals surface area contributed by atoms with Gasteiger partial charge in [-0.15, -0.1) is 0 Å². The fourth-order valence-corrected chi connectivity index (χ4v) is 5.48. The van der Waals surface area contributed by atoms with Crippen molar-refractivity contribution < 1.29 is 23.8 Å². The Hall–Kier alpha value is -3.91. The van der Waals surface area contributed by atoms with Gasteiger partial charge in [0, 0.05) is 0 Å². The third-order valence-electron chi connectivity index (χ3n) is 5.85. The molecule has 3 heterocycles. The first-order chi connectivity index (χ1) is 16.3. The van der Waals surface area contributed by atoms with E-state index in [1.54, 1.807) is 44.4 Å². The zero-order chi connectivity index (χ0) is 24.1. The molecule has 0 saturated carbocycles. The number of carbonyl (C=O) groups is 2. The molecule has 0 saturated heterocycles. The number of amides is 1. The quantitative estimate of drug-likeness (QED) is 0.378. The number of hydrogen-bond acceptors (Lipinski definition) is 7. The van der Waals surface area contributed by atoms with Gasteiger partial charge in [-0.3, -0.25) is 14.5 Å². The Morgan fingerprint density at radius 1 is 1.15 bits per heavy atom. The van der Waals surface area contributed by atoms with Crippen LogP contribution in [0.2, 0.25) is 0 Å². The van der Waals surface area contributed by atoms with Crippen LogP contribution in [-0.4, -0.2) is 28.9 Å². The summed E-state index contributed by atoms with van der Waals surface area (Å²) in [5.74, 6) is -0.682. The van der Waals surface area contributed by atoms with Gasteiger partial charge in [-0.05, 0) is 67.8 Å². The second-order valence-electron chi connectivity index (χ2n) is 8.28. The molecule has 0 unspecified atom stereocenters. The molecular formula is C26H22N2O5S. The summed E-state index contributed by atoms with van der Waals surface area (Å²) < 4.78 is 11.8. The number of aliphatic hydroxyl groups is 1. The van der Waals surface area contributed by atoms with Crippen LogP contribution in [0.3, 0.4) is 0 Å². The molecule has 1 aliphatic heterocycles. The standard InChI is InChI=1S/C26H22N2O5S/c1-13-10-14(2)21-19(11-13)34-26(27-21)28-22(16-6-5-7-17(12-16)32-4)20(24(30)25(28)31)23(29)18-9-8-15(3)33-18/h5-12,22,30H,1-4H3/t22-/m0/s1. The summed E-state index contributed by atoms with van der Waals surface area (Å²) in [6.07, 6.45) is 0. The van der Waals surface area contributed by atoms with Gasteiger partial charge >= 0.3 is 0 Å². The Kier molecular flexibility index (Phi) is 5.25. The SMILES string of the molecule is COc1cccc([C@H]2C(C(=O)c3ccc(C)o3)=C(O)C(=O)N2c2nc3c(C)cc(C)cc3s2)c1. The molecule has 4 aromatic rings. The minimum Gasteiger partial charge on any atom is -0.503 e. The molecule has 0 radical (unpaired) electrons. The largest absolute Gasteiger partial charge is 0.503 e. The van der Waals surface area contributed by atoms with Gasteiger partial charge in [-0.25, -0.2) is 4.98 Å². The molecule has 1 aliphatic rings. The Bertz CT molecular complexity index is 1500. The maximum atomic E-state index is 13.5. The number of rotatable bonds is 5. The van der Waals surface area contributed by atoms with Crippen LogP contribution in [0.4, 0.5) is 5.13 Å². The highest BCUT2D eigenvalue weighted by Gasteiger charge is 2.46. The van der Waals surface area contributed by atoms with E-state index < -0.39 is 23.5 Å². The Morgan fingerprint density at radius 3 is 2.65 bits per heavy atom. The van der Waals surface area contributed by atoms with Gasteiger partial charge in [-0.2, -0.15) is 0 Å². The smallest absolute Gasteiger partial charge is 0.296 e. The molecule has 172 valence electrons. The molecular weight excluding hydrogens is 452 g/mol. The predicted molar refractivity (Wildman–Crippen MR) is 130 cm³/mol. The molecule has 5 rings (SSSR count). The van der Waals surface area contributed by atoms with Gasteiger partial charge in [0.25, 0.3) is 5.91 Å². The molecule has 0 aliphatic carbocycles. The van der Waals surface area contributed by atoms with Crippen molar-refractivity contribution in [3.63, 3.8) is 0 Å². The number of Topliss-reactive ketones (excluding diaryl/α,β-unsaturated/α-hetero) is 1. The molecule has 1 atom stereocenters. The van der Waals surface area contributed by atoms with E-state index in [1.807, 2.05) is 26.0 Å². The zero-order valence-electron chi connectivity index (χ0n) is 19.1. The topological polar surface area (TPSA) is 92.9 Å². The molecule has 7 nitrogen and oxygen atoms in total.